The largest absolute Gasteiger partial charge is 0.360 e. The van der Waals surface area contributed by atoms with E-state index < -0.39 is 0 Å². The van der Waals surface area contributed by atoms with Crippen molar-refractivity contribution < 1.29 is 0 Å². The molecule has 0 aromatic carbocycles. The van der Waals surface area contributed by atoms with E-state index in [2.05, 4.69) is 57.0 Å². The zero-order valence-corrected chi connectivity index (χ0v) is 14.6. The molecular weight excluding hydrogens is 342 g/mol. The van der Waals surface area contributed by atoms with Gasteiger partial charge < -0.3 is 10.2 Å². The van der Waals surface area contributed by atoms with Crippen LogP contribution in [0.3, 0.4) is 0 Å². The van der Waals surface area contributed by atoms with Crippen molar-refractivity contribution in [1.29, 1.82) is 0 Å². The van der Waals surface area contributed by atoms with E-state index in [1.165, 1.54) is 8.66 Å². The number of thiocarbonyl (C=S) groups is 1. The van der Waals surface area contributed by atoms with Crippen LogP contribution in [0, 0.1) is 0 Å². The molecule has 0 saturated carbocycles. The van der Waals surface area contributed by atoms with Gasteiger partial charge in [0.05, 0.1) is 3.79 Å². The van der Waals surface area contributed by atoms with Crippen molar-refractivity contribution >= 4 is 44.6 Å². The molecule has 1 fully saturated rings. The molecular formula is C13H20BrN3S2. The lowest BCUT2D eigenvalue weighted by molar-refractivity contribution is 0.175. The first kappa shape index (κ1) is 15.2. The fourth-order valence-corrected chi connectivity index (χ4v) is 4.05. The molecule has 0 atom stereocenters. The van der Waals surface area contributed by atoms with Gasteiger partial charge in [0, 0.05) is 43.6 Å². The number of hydrogen-bond donors (Lipinski definition) is 1. The van der Waals surface area contributed by atoms with Crippen LogP contribution in [0.1, 0.15) is 18.7 Å². The highest BCUT2D eigenvalue weighted by molar-refractivity contribution is 9.11. The quantitative estimate of drug-likeness (QED) is 0.833. The van der Waals surface area contributed by atoms with Gasteiger partial charge in [-0.1, -0.05) is 0 Å². The fourth-order valence-electron chi connectivity index (χ4n) is 2.10. The van der Waals surface area contributed by atoms with Crippen molar-refractivity contribution in [2.45, 2.75) is 26.4 Å². The van der Waals surface area contributed by atoms with Crippen LogP contribution in [-0.2, 0) is 6.54 Å². The van der Waals surface area contributed by atoms with Gasteiger partial charge in [-0.15, -0.1) is 11.3 Å². The Kier molecular flexibility index (Phi) is 5.62. The maximum absolute atomic E-state index is 5.41. The van der Waals surface area contributed by atoms with E-state index in [1.807, 2.05) is 11.3 Å². The molecule has 19 heavy (non-hydrogen) atoms. The second kappa shape index (κ2) is 7.02. The standard InChI is InChI=1S/C13H20BrN3S2/c1-10(2)15-13(18)17-7-5-16(6-8-17)9-11-3-4-12(14)19-11/h3-4,10H,5-9H2,1-2H3,(H,15,18). The molecule has 2 heterocycles. The first-order valence-corrected chi connectivity index (χ1v) is 8.58. The summed E-state index contributed by atoms with van der Waals surface area (Å²) in [6, 6.07) is 4.73. The first-order valence-electron chi connectivity index (χ1n) is 6.56. The van der Waals surface area contributed by atoms with Crippen LogP contribution in [0.5, 0.6) is 0 Å². The number of hydrogen-bond acceptors (Lipinski definition) is 3. The summed E-state index contributed by atoms with van der Waals surface area (Å²) in [5.41, 5.74) is 0. The van der Waals surface area contributed by atoms with Crippen molar-refractivity contribution in [2.24, 2.45) is 0 Å². The van der Waals surface area contributed by atoms with E-state index >= 15 is 0 Å². The molecule has 1 N–H and O–H groups in total. The predicted molar refractivity (Wildman–Crippen MR) is 89.7 cm³/mol. The Hall–Kier alpha value is -0.170. The molecule has 3 nitrogen and oxygen atoms in total. The summed E-state index contributed by atoms with van der Waals surface area (Å²) >= 11 is 10.7. The highest BCUT2D eigenvalue weighted by atomic mass is 79.9. The molecule has 1 aromatic rings. The third-order valence-electron chi connectivity index (χ3n) is 3.08. The number of thiophene rings is 1. The molecule has 1 aromatic heterocycles. The zero-order chi connectivity index (χ0) is 13.8. The van der Waals surface area contributed by atoms with E-state index in [4.69, 9.17) is 12.2 Å². The fraction of sp³-hybridized carbons (Fsp3) is 0.615. The molecule has 0 aliphatic carbocycles. The SMILES string of the molecule is CC(C)NC(=S)N1CCN(Cc2ccc(Br)s2)CC1. The van der Waals surface area contributed by atoms with Crippen molar-refractivity contribution in [2.75, 3.05) is 26.2 Å². The van der Waals surface area contributed by atoms with Gasteiger partial charge in [0.1, 0.15) is 0 Å². The van der Waals surface area contributed by atoms with Crippen LogP contribution < -0.4 is 5.32 Å². The van der Waals surface area contributed by atoms with E-state index in [0.29, 0.717) is 6.04 Å². The van der Waals surface area contributed by atoms with Gasteiger partial charge in [-0.2, -0.15) is 0 Å². The van der Waals surface area contributed by atoms with Gasteiger partial charge in [-0.05, 0) is 54.1 Å². The molecule has 0 bridgehead atoms. The number of halogens is 1. The van der Waals surface area contributed by atoms with Crippen LogP contribution >= 0.6 is 39.5 Å². The summed E-state index contributed by atoms with van der Waals surface area (Å²) < 4.78 is 1.21. The Morgan fingerprint density at radius 2 is 2.05 bits per heavy atom. The maximum atomic E-state index is 5.41. The first-order chi connectivity index (χ1) is 9.04. The van der Waals surface area contributed by atoms with Crippen molar-refractivity contribution in [3.63, 3.8) is 0 Å². The smallest absolute Gasteiger partial charge is 0.169 e. The second-order valence-electron chi connectivity index (χ2n) is 5.07. The van der Waals surface area contributed by atoms with E-state index in [9.17, 15) is 0 Å². The second-order valence-corrected chi connectivity index (χ2v) is 8.01. The molecule has 2 rings (SSSR count). The van der Waals surface area contributed by atoms with Crippen LogP contribution in [0.25, 0.3) is 0 Å². The molecule has 1 aliphatic heterocycles. The van der Waals surface area contributed by atoms with Gasteiger partial charge in [-0.25, -0.2) is 0 Å². The summed E-state index contributed by atoms with van der Waals surface area (Å²) in [6.45, 7) is 9.49. The van der Waals surface area contributed by atoms with Crippen molar-refractivity contribution in [1.82, 2.24) is 15.1 Å². The lowest BCUT2D eigenvalue weighted by Gasteiger charge is -2.36. The number of nitrogens with zero attached hydrogens (tertiary/aromatic N) is 2. The van der Waals surface area contributed by atoms with Crippen LogP contribution in [0.2, 0.25) is 0 Å². The Balaban J connectivity index is 1.77. The summed E-state index contributed by atoms with van der Waals surface area (Å²) in [4.78, 5) is 6.19. The summed E-state index contributed by atoms with van der Waals surface area (Å²) in [5.74, 6) is 0. The number of nitrogens with one attached hydrogen (secondary N) is 1. The van der Waals surface area contributed by atoms with Gasteiger partial charge >= 0.3 is 0 Å². The Labute approximate surface area is 133 Å². The van der Waals surface area contributed by atoms with E-state index in [0.717, 1.165) is 37.8 Å². The lowest BCUT2D eigenvalue weighted by atomic mass is 10.3. The minimum absolute atomic E-state index is 0.411. The Bertz CT molecular complexity index is 425. The van der Waals surface area contributed by atoms with E-state index in [1.54, 1.807) is 0 Å². The lowest BCUT2D eigenvalue weighted by Crippen LogP contribution is -2.52. The van der Waals surface area contributed by atoms with Crippen molar-refractivity contribution in [3.05, 3.63) is 20.8 Å². The Morgan fingerprint density at radius 1 is 1.37 bits per heavy atom. The summed E-state index contributed by atoms with van der Waals surface area (Å²) in [5, 5.41) is 4.21. The predicted octanol–water partition coefficient (Wildman–Crippen LogP) is 2.91. The van der Waals surface area contributed by atoms with Crippen LogP contribution in [-0.4, -0.2) is 47.1 Å². The number of piperazine rings is 1. The topological polar surface area (TPSA) is 18.5 Å². The van der Waals surface area contributed by atoms with Crippen molar-refractivity contribution in [3.8, 4) is 0 Å². The minimum Gasteiger partial charge on any atom is -0.360 e. The third kappa shape index (κ3) is 4.70. The zero-order valence-electron chi connectivity index (χ0n) is 11.4. The van der Waals surface area contributed by atoms with Gasteiger partial charge in [0.2, 0.25) is 0 Å². The van der Waals surface area contributed by atoms with Gasteiger partial charge in [-0.3, -0.25) is 4.90 Å². The molecule has 0 unspecified atom stereocenters. The average Bonchev–Trinajstić information content (AvgIpc) is 2.75. The normalized spacial score (nSPS) is 16.9. The third-order valence-corrected chi connectivity index (χ3v) is 5.06. The van der Waals surface area contributed by atoms with Gasteiger partial charge in [0.25, 0.3) is 0 Å². The molecule has 106 valence electrons. The Morgan fingerprint density at radius 3 is 2.58 bits per heavy atom. The van der Waals surface area contributed by atoms with Crippen LogP contribution in [0.15, 0.2) is 15.9 Å². The summed E-state index contributed by atoms with van der Waals surface area (Å²) in [7, 11) is 0. The van der Waals surface area contributed by atoms with Crippen LogP contribution in [0.4, 0.5) is 0 Å². The molecule has 1 aliphatic rings. The van der Waals surface area contributed by atoms with Gasteiger partial charge in [0.15, 0.2) is 5.11 Å². The average molecular weight is 362 g/mol. The highest BCUT2D eigenvalue weighted by Crippen LogP contribution is 2.23. The molecule has 1 saturated heterocycles. The highest BCUT2D eigenvalue weighted by Gasteiger charge is 2.19. The molecule has 6 heteroatoms. The molecule has 0 radical (unpaired) electrons. The molecule has 0 amide bonds. The minimum atomic E-state index is 0.411. The summed E-state index contributed by atoms with van der Waals surface area (Å²) in [6.07, 6.45) is 0. The van der Waals surface area contributed by atoms with E-state index in [-0.39, 0.29) is 0 Å². The number of rotatable bonds is 3. The monoisotopic (exact) mass is 361 g/mol. The maximum Gasteiger partial charge on any atom is 0.169 e. The molecule has 0 spiro atoms.